The highest BCUT2D eigenvalue weighted by atomic mass is 127. The fourth-order valence-electron chi connectivity index (χ4n) is 1.97. The van der Waals surface area contributed by atoms with E-state index in [9.17, 15) is 4.39 Å². The predicted octanol–water partition coefficient (Wildman–Crippen LogP) is 2.09. The molecule has 7 nitrogen and oxygen atoms in total. The fraction of sp³-hybridized carbons (Fsp3) is 0.438. The van der Waals surface area contributed by atoms with Crippen LogP contribution in [-0.2, 0) is 13.6 Å². The molecule has 2 rings (SSSR count). The molecule has 0 spiro atoms. The third-order valence-corrected chi connectivity index (χ3v) is 3.24. The van der Waals surface area contributed by atoms with E-state index in [-0.39, 0.29) is 35.9 Å². The standard InChI is InChI=1S/C16H23FN6O.HI/c1-4-18-16(20-10-15-22-21-11-23(15)3)19-9-12(2)24-14-7-5-13(17)6-8-14;/h5-8,11-12H,4,9-10H2,1-3H3,(H2,18,19,20);1H. The highest BCUT2D eigenvalue weighted by Crippen LogP contribution is 2.12. The second-order valence-corrected chi connectivity index (χ2v) is 5.32. The van der Waals surface area contributed by atoms with E-state index in [0.717, 1.165) is 12.4 Å². The molecule has 2 aromatic rings. The van der Waals surface area contributed by atoms with Gasteiger partial charge in [-0.2, -0.15) is 0 Å². The second kappa shape index (κ2) is 10.9. The first kappa shape index (κ1) is 21.1. The van der Waals surface area contributed by atoms with Crippen molar-refractivity contribution >= 4 is 29.9 Å². The van der Waals surface area contributed by atoms with Crippen molar-refractivity contribution < 1.29 is 9.13 Å². The molecule has 0 bridgehead atoms. The van der Waals surface area contributed by atoms with Gasteiger partial charge in [0.15, 0.2) is 11.8 Å². The quantitative estimate of drug-likeness (QED) is 0.375. The lowest BCUT2D eigenvalue weighted by atomic mass is 10.3. The molecular weight excluding hydrogens is 438 g/mol. The number of ether oxygens (including phenoxy) is 1. The molecule has 0 saturated heterocycles. The van der Waals surface area contributed by atoms with Crippen LogP contribution in [0.15, 0.2) is 35.6 Å². The molecule has 9 heteroatoms. The monoisotopic (exact) mass is 462 g/mol. The van der Waals surface area contributed by atoms with Crippen LogP contribution < -0.4 is 15.4 Å². The van der Waals surface area contributed by atoms with E-state index in [1.165, 1.54) is 12.1 Å². The highest BCUT2D eigenvalue weighted by molar-refractivity contribution is 14.0. The topological polar surface area (TPSA) is 76.4 Å². The van der Waals surface area contributed by atoms with Crippen LogP contribution in [0.2, 0.25) is 0 Å². The van der Waals surface area contributed by atoms with E-state index in [1.807, 2.05) is 25.5 Å². The molecule has 0 aliphatic rings. The van der Waals surface area contributed by atoms with Gasteiger partial charge in [-0.15, -0.1) is 34.2 Å². The summed E-state index contributed by atoms with van der Waals surface area (Å²) in [6.07, 6.45) is 1.54. The molecule has 1 aromatic carbocycles. The molecule has 0 radical (unpaired) electrons. The van der Waals surface area contributed by atoms with E-state index in [0.29, 0.717) is 24.8 Å². The van der Waals surface area contributed by atoms with Gasteiger partial charge in [-0.05, 0) is 38.1 Å². The average molecular weight is 462 g/mol. The van der Waals surface area contributed by atoms with Crippen LogP contribution >= 0.6 is 24.0 Å². The smallest absolute Gasteiger partial charge is 0.191 e. The number of nitrogens with zero attached hydrogens (tertiary/aromatic N) is 4. The second-order valence-electron chi connectivity index (χ2n) is 5.32. The number of nitrogens with one attached hydrogen (secondary N) is 2. The number of benzene rings is 1. The number of aliphatic imine (C=N–C) groups is 1. The Morgan fingerprint density at radius 2 is 2.04 bits per heavy atom. The summed E-state index contributed by atoms with van der Waals surface area (Å²) in [5.41, 5.74) is 0. The number of hydrogen-bond acceptors (Lipinski definition) is 4. The molecule has 0 aliphatic heterocycles. The lowest BCUT2D eigenvalue weighted by Gasteiger charge is -2.17. The number of aryl methyl sites for hydroxylation is 1. The lowest BCUT2D eigenvalue weighted by Crippen LogP contribution is -2.41. The summed E-state index contributed by atoms with van der Waals surface area (Å²) in [4.78, 5) is 4.47. The number of guanidine groups is 1. The molecule has 1 heterocycles. The molecule has 2 N–H and O–H groups in total. The molecule has 0 saturated carbocycles. The third-order valence-electron chi connectivity index (χ3n) is 3.24. The van der Waals surface area contributed by atoms with Crippen LogP contribution in [-0.4, -0.2) is 39.9 Å². The normalized spacial score (nSPS) is 12.2. The van der Waals surface area contributed by atoms with Crippen LogP contribution in [0.4, 0.5) is 4.39 Å². The van der Waals surface area contributed by atoms with Crippen molar-refractivity contribution in [3.8, 4) is 5.75 Å². The summed E-state index contributed by atoms with van der Waals surface area (Å²) in [6, 6.07) is 5.97. The number of aromatic nitrogens is 3. The minimum atomic E-state index is -0.279. The van der Waals surface area contributed by atoms with Gasteiger partial charge >= 0.3 is 0 Å². The molecule has 25 heavy (non-hydrogen) atoms. The third kappa shape index (κ3) is 7.24. The van der Waals surface area contributed by atoms with E-state index >= 15 is 0 Å². The van der Waals surface area contributed by atoms with E-state index in [1.54, 1.807) is 18.5 Å². The number of rotatable bonds is 7. The van der Waals surface area contributed by atoms with Crippen molar-refractivity contribution in [1.82, 2.24) is 25.4 Å². The molecule has 0 fully saturated rings. The van der Waals surface area contributed by atoms with Crippen LogP contribution in [0.1, 0.15) is 19.7 Å². The first-order chi connectivity index (χ1) is 11.6. The fourth-order valence-corrected chi connectivity index (χ4v) is 1.97. The minimum absolute atomic E-state index is 0. The molecular formula is C16H24FIN6O. The Labute approximate surface area is 164 Å². The van der Waals surface area contributed by atoms with Gasteiger partial charge in [0, 0.05) is 13.6 Å². The van der Waals surface area contributed by atoms with Crippen LogP contribution in [0, 0.1) is 5.82 Å². The zero-order valence-electron chi connectivity index (χ0n) is 14.6. The Kier molecular flexibility index (Phi) is 9.17. The van der Waals surface area contributed by atoms with Gasteiger partial charge in [-0.1, -0.05) is 0 Å². The van der Waals surface area contributed by atoms with Gasteiger partial charge in [0.2, 0.25) is 0 Å². The summed E-state index contributed by atoms with van der Waals surface area (Å²) in [5, 5.41) is 14.2. The van der Waals surface area contributed by atoms with Gasteiger partial charge in [0.1, 0.15) is 30.5 Å². The molecule has 0 aliphatic carbocycles. The molecule has 138 valence electrons. The van der Waals surface area contributed by atoms with Crippen LogP contribution in [0.3, 0.4) is 0 Å². The summed E-state index contributed by atoms with van der Waals surface area (Å²) in [5.74, 6) is 1.81. The first-order valence-corrected chi connectivity index (χ1v) is 7.85. The van der Waals surface area contributed by atoms with Gasteiger partial charge in [0.25, 0.3) is 0 Å². The predicted molar refractivity (Wildman–Crippen MR) is 106 cm³/mol. The SMILES string of the molecule is CCNC(=NCc1nncn1C)NCC(C)Oc1ccc(F)cc1.I. The zero-order valence-corrected chi connectivity index (χ0v) is 16.9. The van der Waals surface area contributed by atoms with Crippen LogP contribution in [0.25, 0.3) is 0 Å². The van der Waals surface area contributed by atoms with E-state index in [2.05, 4.69) is 25.8 Å². The van der Waals surface area contributed by atoms with Gasteiger partial charge in [-0.25, -0.2) is 9.38 Å². The Hall–Kier alpha value is -1.91. The van der Waals surface area contributed by atoms with Crippen molar-refractivity contribution in [1.29, 1.82) is 0 Å². The van der Waals surface area contributed by atoms with E-state index in [4.69, 9.17) is 4.74 Å². The van der Waals surface area contributed by atoms with Crippen molar-refractivity contribution in [2.24, 2.45) is 12.0 Å². The van der Waals surface area contributed by atoms with Crippen molar-refractivity contribution in [3.05, 3.63) is 42.2 Å². The number of halogens is 2. The largest absolute Gasteiger partial charge is 0.489 e. The summed E-state index contributed by atoms with van der Waals surface area (Å²) >= 11 is 0. The maximum absolute atomic E-state index is 12.9. The minimum Gasteiger partial charge on any atom is -0.489 e. The van der Waals surface area contributed by atoms with E-state index < -0.39 is 0 Å². The molecule has 0 amide bonds. The van der Waals surface area contributed by atoms with Gasteiger partial charge < -0.3 is 19.9 Å². The Bertz CT molecular complexity index is 661. The number of hydrogen-bond donors (Lipinski definition) is 2. The summed E-state index contributed by atoms with van der Waals surface area (Å²) in [6.45, 7) is 5.67. The zero-order chi connectivity index (χ0) is 17.4. The Morgan fingerprint density at radius 1 is 1.32 bits per heavy atom. The van der Waals surface area contributed by atoms with Gasteiger partial charge in [0.05, 0.1) is 6.54 Å². The van der Waals surface area contributed by atoms with Crippen molar-refractivity contribution in [2.75, 3.05) is 13.1 Å². The maximum atomic E-state index is 12.9. The lowest BCUT2D eigenvalue weighted by molar-refractivity contribution is 0.223. The first-order valence-electron chi connectivity index (χ1n) is 7.85. The summed E-state index contributed by atoms with van der Waals surface area (Å²) < 4.78 is 20.4. The van der Waals surface area contributed by atoms with Gasteiger partial charge in [-0.3, -0.25) is 0 Å². The van der Waals surface area contributed by atoms with Crippen molar-refractivity contribution in [3.63, 3.8) is 0 Å². The van der Waals surface area contributed by atoms with Crippen LogP contribution in [0.5, 0.6) is 5.75 Å². The Balaban J connectivity index is 0.00000312. The Morgan fingerprint density at radius 3 is 2.64 bits per heavy atom. The molecule has 1 atom stereocenters. The van der Waals surface area contributed by atoms with Crippen molar-refractivity contribution in [2.45, 2.75) is 26.5 Å². The molecule has 1 unspecified atom stereocenters. The maximum Gasteiger partial charge on any atom is 0.191 e. The average Bonchev–Trinajstić information content (AvgIpc) is 2.97. The highest BCUT2D eigenvalue weighted by Gasteiger charge is 2.07. The molecule has 1 aromatic heterocycles. The summed E-state index contributed by atoms with van der Waals surface area (Å²) in [7, 11) is 1.88.